The third-order valence-electron chi connectivity index (χ3n) is 5.68. The molecule has 0 fully saturated rings. The predicted octanol–water partition coefficient (Wildman–Crippen LogP) is 6.88. The van der Waals surface area contributed by atoms with Gasteiger partial charge in [-0.1, -0.05) is 64.6 Å². The molecule has 4 aromatic carbocycles. The average molecular weight is 617 g/mol. The summed E-state index contributed by atoms with van der Waals surface area (Å²) in [6.07, 6.45) is 1.44. The number of halogens is 3. The van der Waals surface area contributed by atoms with Crippen molar-refractivity contribution in [3.8, 4) is 5.75 Å². The third kappa shape index (κ3) is 7.76. The van der Waals surface area contributed by atoms with Crippen molar-refractivity contribution in [1.29, 1.82) is 0 Å². The highest BCUT2D eigenvalue weighted by molar-refractivity contribution is 7.92. The lowest BCUT2D eigenvalue weighted by molar-refractivity contribution is -0.119. The highest BCUT2D eigenvalue weighted by Crippen LogP contribution is 2.32. The fourth-order valence-electron chi connectivity index (χ4n) is 3.56. The Morgan fingerprint density at radius 2 is 1.55 bits per heavy atom. The van der Waals surface area contributed by atoms with Gasteiger partial charge in [0.15, 0.2) is 0 Å². The van der Waals surface area contributed by atoms with Gasteiger partial charge in [-0.3, -0.25) is 9.10 Å². The number of carbonyl (C=O) groups is 1. The van der Waals surface area contributed by atoms with Gasteiger partial charge in [0.1, 0.15) is 18.9 Å². The standard InChI is InChI=1S/C29H24Cl3N3O4S/c1-20-2-13-26(14-3-20)40(37,38)35(28-15-10-24(31)16-27(28)32)18-29(36)34-33-17-21-6-11-25(12-7-21)39-19-22-4-8-23(30)9-5-22/h2-17H,18-19H2,1H3,(H,34,36)/b33-17-. The summed E-state index contributed by atoms with van der Waals surface area (Å²) in [4.78, 5) is 12.8. The largest absolute Gasteiger partial charge is 0.489 e. The molecule has 0 aliphatic heterocycles. The van der Waals surface area contributed by atoms with E-state index in [1.165, 1.54) is 36.5 Å². The number of nitrogens with zero attached hydrogens (tertiary/aromatic N) is 2. The zero-order valence-electron chi connectivity index (χ0n) is 21.2. The number of hydrazone groups is 1. The summed E-state index contributed by atoms with van der Waals surface area (Å²) in [7, 11) is -4.14. The fraction of sp³-hybridized carbons (Fsp3) is 0.103. The minimum atomic E-state index is -4.14. The Morgan fingerprint density at radius 1 is 0.900 bits per heavy atom. The van der Waals surface area contributed by atoms with Crippen LogP contribution in [0.25, 0.3) is 0 Å². The van der Waals surface area contributed by atoms with Crippen molar-refractivity contribution in [2.75, 3.05) is 10.8 Å². The van der Waals surface area contributed by atoms with Gasteiger partial charge in [-0.25, -0.2) is 13.8 Å². The number of hydrogen-bond donors (Lipinski definition) is 1. The Kier molecular flexibility index (Phi) is 9.71. The van der Waals surface area contributed by atoms with Gasteiger partial charge in [-0.15, -0.1) is 0 Å². The maximum absolute atomic E-state index is 13.5. The average Bonchev–Trinajstić information content (AvgIpc) is 2.93. The molecule has 0 aliphatic rings. The molecule has 1 N–H and O–H groups in total. The summed E-state index contributed by atoms with van der Waals surface area (Å²) in [5.41, 5.74) is 5.06. The van der Waals surface area contributed by atoms with Crippen molar-refractivity contribution in [2.45, 2.75) is 18.4 Å². The van der Waals surface area contributed by atoms with E-state index in [1.54, 1.807) is 48.5 Å². The summed E-state index contributed by atoms with van der Waals surface area (Å²) in [5, 5.41) is 5.04. The molecule has 0 bridgehead atoms. The molecule has 4 rings (SSSR count). The van der Waals surface area contributed by atoms with E-state index < -0.39 is 22.5 Å². The maximum atomic E-state index is 13.5. The quantitative estimate of drug-likeness (QED) is 0.155. The first kappa shape index (κ1) is 29.4. The van der Waals surface area contributed by atoms with E-state index in [9.17, 15) is 13.2 Å². The Balaban J connectivity index is 1.42. The summed E-state index contributed by atoms with van der Waals surface area (Å²) in [6.45, 7) is 1.67. The fourth-order valence-corrected chi connectivity index (χ4v) is 5.69. The van der Waals surface area contributed by atoms with Gasteiger partial charge in [0.2, 0.25) is 0 Å². The molecule has 0 heterocycles. The van der Waals surface area contributed by atoms with Crippen LogP contribution in [-0.2, 0) is 21.4 Å². The number of nitrogens with one attached hydrogen (secondary N) is 1. The van der Waals surface area contributed by atoms with Gasteiger partial charge < -0.3 is 4.74 Å². The smallest absolute Gasteiger partial charge is 0.264 e. The summed E-state index contributed by atoms with van der Waals surface area (Å²) < 4.78 is 33.7. The zero-order chi connectivity index (χ0) is 28.7. The van der Waals surface area contributed by atoms with E-state index in [4.69, 9.17) is 39.5 Å². The highest BCUT2D eigenvalue weighted by atomic mass is 35.5. The Hall–Kier alpha value is -3.56. The van der Waals surface area contributed by atoms with Crippen LogP contribution < -0.4 is 14.5 Å². The first-order valence-electron chi connectivity index (χ1n) is 12.0. The van der Waals surface area contributed by atoms with Gasteiger partial charge in [-0.2, -0.15) is 5.10 Å². The van der Waals surface area contributed by atoms with Gasteiger partial charge in [-0.05, 0) is 84.8 Å². The van der Waals surface area contributed by atoms with E-state index in [-0.39, 0.29) is 15.6 Å². The first-order valence-corrected chi connectivity index (χ1v) is 14.5. The van der Waals surface area contributed by atoms with Crippen LogP contribution in [0.5, 0.6) is 5.75 Å². The topological polar surface area (TPSA) is 88.1 Å². The van der Waals surface area contributed by atoms with Crippen molar-refractivity contribution in [2.24, 2.45) is 5.10 Å². The van der Waals surface area contributed by atoms with E-state index in [0.29, 0.717) is 28.0 Å². The van der Waals surface area contributed by atoms with Crippen LogP contribution in [0.1, 0.15) is 16.7 Å². The van der Waals surface area contributed by atoms with Crippen molar-refractivity contribution in [3.63, 3.8) is 0 Å². The second-order valence-corrected chi connectivity index (χ2v) is 11.8. The van der Waals surface area contributed by atoms with E-state index in [1.807, 2.05) is 19.1 Å². The number of sulfonamides is 1. The van der Waals surface area contributed by atoms with Gasteiger partial charge in [0.05, 0.1) is 21.8 Å². The van der Waals surface area contributed by atoms with Gasteiger partial charge in [0, 0.05) is 10.0 Å². The highest BCUT2D eigenvalue weighted by Gasteiger charge is 2.28. The molecule has 0 aliphatic carbocycles. The van der Waals surface area contributed by atoms with Crippen LogP contribution in [0.3, 0.4) is 0 Å². The number of ether oxygens (including phenoxy) is 1. The van der Waals surface area contributed by atoms with Gasteiger partial charge >= 0.3 is 0 Å². The Bertz CT molecular complexity index is 1610. The molecule has 40 heavy (non-hydrogen) atoms. The molecule has 0 atom stereocenters. The summed E-state index contributed by atoms with van der Waals surface area (Å²) in [5.74, 6) is -0.00574. The Morgan fingerprint density at radius 3 is 2.20 bits per heavy atom. The molecule has 0 saturated carbocycles. The molecule has 0 unspecified atom stereocenters. The van der Waals surface area contributed by atoms with Crippen LogP contribution in [0.15, 0.2) is 101 Å². The number of anilines is 1. The second kappa shape index (κ2) is 13.2. The van der Waals surface area contributed by atoms with Crippen LogP contribution in [-0.4, -0.2) is 27.1 Å². The minimum Gasteiger partial charge on any atom is -0.489 e. The van der Waals surface area contributed by atoms with Crippen molar-refractivity contribution < 1.29 is 17.9 Å². The number of carbonyl (C=O) groups excluding carboxylic acids is 1. The molecule has 1 amide bonds. The molecular weight excluding hydrogens is 593 g/mol. The second-order valence-electron chi connectivity index (χ2n) is 8.70. The zero-order valence-corrected chi connectivity index (χ0v) is 24.3. The van der Waals surface area contributed by atoms with Crippen molar-refractivity contribution in [1.82, 2.24) is 5.43 Å². The molecule has 0 saturated heterocycles. The normalized spacial score (nSPS) is 11.4. The molecule has 0 spiro atoms. The number of rotatable bonds is 10. The monoisotopic (exact) mass is 615 g/mol. The van der Waals surface area contributed by atoms with Crippen LogP contribution >= 0.6 is 34.8 Å². The third-order valence-corrected chi connectivity index (χ3v) is 8.24. The molecule has 7 nitrogen and oxygen atoms in total. The Labute approximate surface area is 248 Å². The number of benzene rings is 4. The number of aryl methyl sites for hydroxylation is 1. The first-order chi connectivity index (χ1) is 19.1. The van der Waals surface area contributed by atoms with E-state index >= 15 is 0 Å². The lowest BCUT2D eigenvalue weighted by Crippen LogP contribution is -2.39. The minimum absolute atomic E-state index is 0.0128. The molecule has 0 aromatic heterocycles. The van der Waals surface area contributed by atoms with E-state index in [0.717, 1.165) is 15.4 Å². The number of amides is 1. The number of hydrogen-bond acceptors (Lipinski definition) is 5. The van der Waals surface area contributed by atoms with Crippen LogP contribution in [0.2, 0.25) is 15.1 Å². The SMILES string of the molecule is Cc1ccc(S(=O)(=O)N(CC(=O)N/N=C\c2ccc(OCc3ccc(Cl)cc3)cc2)c2ccc(Cl)cc2Cl)cc1. The lowest BCUT2D eigenvalue weighted by atomic mass is 10.2. The molecular formula is C29H24Cl3N3O4S. The lowest BCUT2D eigenvalue weighted by Gasteiger charge is -2.24. The predicted molar refractivity (Wildman–Crippen MR) is 160 cm³/mol. The summed E-state index contributed by atoms with van der Waals surface area (Å²) >= 11 is 18.2. The molecule has 11 heteroatoms. The molecule has 206 valence electrons. The van der Waals surface area contributed by atoms with Gasteiger partial charge in [0.25, 0.3) is 15.9 Å². The molecule has 4 aromatic rings. The van der Waals surface area contributed by atoms with Crippen LogP contribution in [0, 0.1) is 6.92 Å². The van der Waals surface area contributed by atoms with E-state index in [2.05, 4.69) is 10.5 Å². The summed E-state index contributed by atoms with van der Waals surface area (Å²) in [6, 6.07) is 25.1. The molecule has 0 radical (unpaired) electrons. The van der Waals surface area contributed by atoms with Crippen molar-refractivity contribution >= 4 is 62.6 Å². The van der Waals surface area contributed by atoms with Crippen molar-refractivity contribution in [3.05, 3.63) is 123 Å². The van der Waals surface area contributed by atoms with Crippen LogP contribution in [0.4, 0.5) is 5.69 Å². The maximum Gasteiger partial charge on any atom is 0.264 e.